The molecular formula is C11H10N3O2. The molecule has 1 aromatic heterocycles. The van der Waals surface area contributed by atoms with Gasteiger partial charge in [0.15, 0.2) is 0 Å². The number of ether oxygens (including phenoxy) is 1. The summed E-state index contributed by atoms with van der Waals surface area (Å²) < 4.78 is 4.98. The maximum absolute atomic E-state index is 11.3. The Morgan fingerprint density at radius 1 is 1.44 bits per heavy atom. The molecule has 1 aromatic carbocycles. The Hall–Kier alpha value is -2.30. The fourth-order valence-electron chi connectivity index (χ4n) is 1.14. The molecule has 0 fully saturated rings. The van der Waals surface area contributed by atoms with Crippen LogP contribution in [0.2, 0.25) is 0 Å². The number of hydrogen-bond acceptors (Lipinski definition) is 3. The average molecular weight is 216 g/mol. The van der Waals surface area contributed by atoms with E-state index < -0.39 is 6.09 Å². The zero-order chi connectivity index (χ0) is 11.2. The monoisotopic (exact) mass is 216 g/mol. The van der Waals surface area contributed by atoms with Crippen LogP contribution in [0.15, 0.2) is 42.6 Å². The Balaban J connectivity index is 1.80. The second-order valence-electron chi connectivity index (χ2n) is 3.06. The fourth-order valence-corrected chi connectivity index (χ4v) is 1.14. The number of hydrogen-bond donors (Lipinski definition) is 1. The molecule has 0 aliphatic heterocycles. The first-order valence-corrected chi connectivity index (χ1v) is 4.74. The van der Waals surface area contributed by atoms with E-state index in [1.807, 2.05) is 30.3 Å². The molecule has 1 radical (unpaired) electrons. The number of amides is 1. The molecule has 2 rings (SSSR count). The lowest BCUT2D eigenvalue weighted by Crippen LogP contribution is -2.23. The van der Waals surface area contributed by atoms with Crippen molar-refractivity contribution in [3.05, 3.63) is 54.4 Å². The summed E-state index contributed by atoms with van der Waals surface area (Å²) in [4.78, 5) is 12.5. The van der Waals surface area contributed by atoms with Gasteiger partial charge in [-0.25, -0.2) is 10.2 Å². The molecule has 0 spiro atoms. The van der Waals surface area contributed by atoms with Crippen molar-refractivity contribution in [2.75, 3.05) is 5.43 Å². The molecule has 1 N–H and O–H groups in total. The number of carbonyl (C=O) groups excluding carboxylic acids is 1. The normalized spacial score (nSPS) is 9.75. The summed E-state index contributed by atoms with van der Waals surface area (Å²) in [7, 11) is 0. The second kappa shape index (κ2) is 4.97. The molecule has 0 saturated carbocycles. The summed E-state index contributed by atoms with van der Waals surface area (Å²) in [6.07, 6.45) is 3.56. The smallest absolute Gasteiger partial charge is 0.428 e. The summed E-state index contributed by atoms with van der Waals surface area (Å²) in [6.45, 7) is 0.234. The molecule has 81 valence electrons. The fraction of sp³-hybridized carbons (Fsp3) is 0.0909. The maximum atomic E-state index is 11.3. The second-order valence-corrected chi connectivity index (χ2v) is 3.06. The first-order chi connectivity index (χ1) is 7.84. The molecule has 0 aliphatic carbocycles. The predicted molar refractivity (Wildman–Crippen MR) is 57.1 cm³/mol. The van der Waals surface area contributed by atoms with Gasteiger partial charge in [0.2, 0.25) is 0 Å². The first kappa shape index (κ1) is 10.2. The van der Waals surface area contributed by atoms with Crippen LogP contribution in [0.4, 0.5) is 4.79 Å². The number of nitrogens with zero attached hydrogens (tertiary/aromatic N) is 2. The van der Waals surface area contributed by atoms with E-state index in [1.165, 1.54) is 4.79 Å². The first-order valence-electron chi connectivity index (χ1n) is 4.74. The van der Waals surface area contributed by atoms with Gasteiger partial charge in [-0.15, -0.1) is 0 Å². The molecule has 1 amide bonds. The molecule has 0 atom stereocenters. The zero-order valence-electron chi connectivity index (χ0n) is 8.46. The predicted octanol–water partition coefficient (Wildman–Crippen LogP) is 1.56. The van der Waals surface area contributed by atoms with Gasteiger partial charge in [0.1, 0.15) is 12.8 Å². The van der Waals surface area contributed by atoms with Crippen LogP contribution in [-0.2, 0) is 11.3 Å². The summed E-state index contributed by atoms with van der Waals surface area (Å²) in [5.41, 5.74) is 3.34. The molecule has 0 bridgehead atoms. The van der Waals surface area contributed by atoms with E-state index >= 15 is 0 Å². The van der Waals surface area contributed by atoms with Gasteiger partial charge in [0.25, 0.3) is 0 Å². The van der Waals surface area contributed by atoms with Crippen LogP contribution in [0.1, 0.15) is 5.56 Å². The Labute approximate surface area is 92.6 Å². The van der Waals surface area contributed by atoms with Crippen molar-refractivity contribution in [2.45, 2.75) is 6.61 Å². The van der Waals surface area contributed by atoms with Crippen LogP contribution >= 0.6 is 0 Å². The van der Waals surface area contributed by atoms with Crippen LogP contribution in [0.5, 0.6) is 0 Å². The Morgan fingerprint density at radius 2 is 2.25 bits per heavy atom. The van der Waals surface area contributed by atoms with Gasteiger partial charge in [0, 0.05) is 6.20 Å². The van der Waals surface area contributed by atoms with Crippen molar-refractivity contribution in [1.82, 2.24) is 9.89 Å². The SMILES string of the molecule is O=C(Nn1cc[c]n1)OCc1ccccc1. The van der Waals surface area contributed by atoms with Crippen LogP contribution in [0, 0.1) is 6.20 Å². The molecular weight excluding hydrogens is 206 g/mol. The molecule has 0 aliphatic rings. The van der Waals surface area contributed by atoms with E-state index in [2.05, 4.69) is 16.7 Å². The highest BCUT2D eigenvalue weighted by Crippen LogP contribution is 2.00. The van der Waals surface area contributed by atoms with Crippen molar-refractivity contribution in [2.24, 2.45) is 0 Å². The van der Waals surface area contributed by atoms with Crippen molar-refractivity contribution in [1.29, 1.82) is 0 Å². The minimum Gasteiger partial charge on any atom is -0.443 e. The van der Waals surface area contributed by atoms with Crippen LogP contribution in [-0.4, -0.2) is 16.0 Å². The highest BCUT2D eigenvalue weighted by molar-refractivity contribution is 5.75. The van der Waals surface area contributed by atoms with E-state index in [-0.39, 0.29) is 6.61 Å². The maximum Gasteiger partial charge on any atom is 0.428 e. The molecule has 5 heteroatoms. The van der Waals surface area contributed by atoms with E-state index in [1.54, 1.807) is 12.3 Å². The van der Waals surface area contributed by atoms with Gasteiger partial charge >= 0.3 is 6.09 Å². The van der Waals surface area contributed by atoms with Crippen LogP contribution < -0.4 is 5.43 Å². The minimum absolute atomic E-state index is 0.234. The molecule has 2 aromatic rings. The van der Waals surface area contributed by atoms with Crippen molar-refractivity contribution >= 4 is 6.09 Å². The van der Waals surface area contributed by atoms with Gasteiger partial charge in [-0.3, -0.25) is 0 Å². The summed E-state index contributed by atoms with van der Waals surface area (Å²) in [5, 5.41) is 3.69. The minimum atomic E-state index is -0.555. The number of aromatic nitrogens is 2. The topological polar surface area (TPSA) is 56.2 Å². The van der Waals surface area contributed by atoms with E-state index in [9.17, 15) is 4.79 Å². The highest BCUT2D eigenvalue weighted by atomic mass is 16.6. The van der Waals surface area contributed by atoms with Gasteiger partial charge in [0.05, 0.1) is 0 Å². The molecule has 5 nitrogen and oxygen atoms in total. The van der Waals surface area contributed by atoms with Crippen molar-refractivity contribution in [3.63, 3.8) is 0 Å². The average Bonchev–Trinajstić information content (AvgIpc) is 2.81. The number of nitrogens with one attached hydrogen (secondary N) is 1. The highest BCUT2D eigenvalue weighted by Gasteiger charge is 2.02. The largest absolute Gasteiger partial charge is 0.443 e. The third-order valence-corrected chi connectivity index (χ3v) is 1.87. The van der Waals surface area contributed by atoms with E-state index in [0.29, 0.717) is 0 Å². The van der Waals surface area contributed by atoms with Crippen molar-refractivity contribution < 1.29 is 9.53 Å². The Bertz CT molecular complexity index is 440. The molecule has 0 unspecified atom stereocenters. The van der Waals surface area contributed by atoms with Gasteiger partial charge in [-0.1, -0.05) is 30.3 Å². The summed E-state index contributed by atoms with van der Waals surface area (Å²) in [5.74, 6) is 0. The lowest BCUT2D eigenvalue weighted by atomic mass is 10.2. The Morgan fingerprint density at radius 3 is 2.94 bits per heavy atom. The van der Waals surface area contributed by atoms with Gasteiger partial charge < -0.3 is 4.74 Å². The van der Waals surface area contributed by atoms with Gasteiger partial charge in [-0.2, -0.15) is 9.89 Å². The van der Waals surface area contributed by atoms with Crippen LogP contribution in [0.3, 0.4) is 0 Å². The standard InChI is InChI=1S/C11H10N3O2/c15-11(13-14-8-4-7-12-14)16-9-10-5-2-1-3-6-10/h1-6,8H,9H2,(H,13,15). The van der Waals surface area contributed by atoms with E-state index in [4.69, 9.17) is 4.74 Å². The Kier molecular flexibility index (Phi) is 3.18. The quantitative estimate of drug-likeness (QED) is 0.847. The van der Waals surface area contributed by atoms with Crippen LogP contribution in [0.25, 0.3) is 0 Å². The lowest BCUT2D eigenvalue weighted by molar-refractivity contribution is 0.151. The number of rotatable bonds is 3. The van der Waals surface area contributed by atoms with E-state index in [0.717, 1.165) is 5.56 Å². The summed E-state index contributed by atoms with van der Waals surface area (Å²) in [6, 6.07) is 11.0. The van der Waals surface area contributed by atoms with Gasteiger partial charge in [-0.05, 0) is 11.6 Å². The summed E-state index contributed by atoms with van der Waals surface area (Å²) >= 11 is 0. The zero-order valence-corrected chi connectivity index (χ0v) is 8.46. The third-order valence-electron chi connectivity index (χ3n) is 1.87. The van der Waals surface area contributed by atoms with Crippen molar-refractivity contribution in [3.8, 4) is 0 Å². The molecule has 16 heavy (non-hydrogen) atoms. The lowest BCUT2D eigenvalue weighted by Gasteiger charge is -2.06. The molecule has 0 saturated heterocycles. The third kappa shape index (κ3) is 2.84. The molecule has 1 heterocycles. The number of carbonyl (C=O) groups is 1. The number of benzene rings is 1.